The number of carbonyl (C=O) groups is 1. The van der Waals surface area contributed by atoms with Crippen LogP contribution in [-0.2, 0) is 4.79 Å². The molecule has 1 rings (SSSR count). The smallest absolute Gasteiger partial charge is 0.222 e. The first-order valence-corrected chi connectivity index (χ1v) is 6.59. The zero-order valence-electron chi connectivity index (χ0n) is 11.1. The van der Waals surface area contributed by atoms with Crippen LogP contribution in [0.4, 0.5) is 0 Å². The van der Waals surface area contributed by atoms with Gasteiger partial charge in [-0.05, 0) is 19.4 Å². The summed E-state index contributed by atoms with van der Waals surface area (Å²) >= 11 is 5.60. The molecule has 1 unspecified atom stereocenters. The standard InChI is InChI=1S/C14H20ClNO2/c1-11(16(2)14(17)9-6-10-15)12-7-4-5-8-13(12)18-3/h4-5,7-8,11H,6,9-10H2,1-3H3. The molecule has 1 aromatic carbocycles. The summed E-state index contributed by atoms with van der Waals surface area (Å²) in [6.45, 7) is 2.00. The molecule has 0 saturated carbocycles. The minimum Gasteiger partial charge on any atom is -0.496 e. The zero-order chi connectivity index (χ0) is 13.5. The van der Waals surface area contributed by atoms with E-state index in [-0.39, 0.29) is 11.9 Å². The van der Waals surface area contributed by atoms with E-state index in [9.17, 15) is 4.79 Å². The van der Waals surface area contributed by atoms with Crippen LogP contribution in [0.25, 0.3) is 0 Å². The van der Waals surface area contributed by atoms with Gasteiger partial charge >= 0.3 is 0 Å². The first-order valence-electron chi connectivity index (χ1n) is 6.06. The van der Waals surface area contributed by atoms with Gasteiger partial charge in [-0.25, -0.2) is 0 Å². The van der Waals surface area contributed by atoms with Crippen molar-refractivity contribution < 1.29 is 9.53 Å². The van der Waals surface area contributed by atoms with Gasteiger partial charge in [0.1, 0.15) is 5.75 Å². The van der Waals surface area contributed by atoms with Gasteiger partial charge in [-0.3, -0.25) is 4.79 Å². The highest BCUT2D eigenvalue weighted by atomic mass is 35.5. The van der Waals surface area contributed by atoms with E-state index in [4.69, 9.17) is 16.3 Å². The van der Waals surface area contributed by atoms with Crippen LogP contribution in [0.3, 0.4) is 0 Å². The molecule has 1 atom stereocenters. The third-order valence-corrected chi connectivity index (χ3v) is 3.35. The van der Waals surface area contributed by atoms with Crippen molar-refractivity contribution in [3.63, 3.8) is 0 Å². The second kappa shape index (κ2) is 7.27. The average Bonchev–Trinajstić information content (AvgIpc) is 2.42. The maximum Gasteiger partial charge on any atom is 0.222 e. The largest absolute Gasteiger partial charge is 0.496 e. The van der Waals surface area contributed by atoms with E-state index >= 15 is 0 Å². The molecule has 0 aliphatic carbocycles. The third-order valence-electron chi connectivity index (χ3n) is 3.09. The molecule has 0 N–H and O–H groups in total. The van der Waals surface area contributed by atoms with Gasteiger partial charge in [0.05, 0.1) is 13.2 Å². The lowest BCUT2D eigenvalue weighted by Gasteiger charge is -2.26. The Morgan fingerprint density at radius 2 is 2.11 bits per heavy atom. The van der Waals surface area contributed by atoms with E-state index in [1.165, 1.54) is 0 Å². The Bertz CT molecular complexity index is 395. The van der Waals surface area contributed by atoms with Crippen LogP contribution in [0.5, 0.6) is 5.75 Å². The van der Waals surface area contributed by atoms with Crippen molar-refractivity contribution in [2.75, 3.05) is 20.0 Å². The van der Waals surface area contributed by atoms with Crippen molar-refractivity contribution in [1.29, 1.82) is 0 Å². The molecule has 0 bridgehead atoms. The van der Waals surface area contributed by atoms with Crippen molar-refractivity contribution in [3.8, 4) is 5.75 Å². The van der Waals surface area contributed by atoms with E-state index in [2.05, 4.69) is 0 Å². The Labute approximate surface area is 114 Å². The summed E-state index contributed by atoms with van der Waals surface area (Å²) in [5.41, 5.74) is 1.02. The van der Waals surface area contributed by atoms with Crippen LogP contribution in [-0.4, -0.2) is 30.8 Å². The Morgan fingerprint density at radius 1 is 1.44 bits per heavy atom. The van der Waals surface area contributed by atoms with E-state index < -0.39 is 0 Å². The topological polar surface area (TPSA) is 29.5 Å². The first-order chi connectivity index (χ1) is 8.61. The molecular weight excluding hydrogens is 250 g/mol. The van der Waals surface area contributed by atoms with Gasteiger partial charge in [0, 0.05) is 24.9 Å². The van der Waals surface area contributed by atoms with E-state index in [1.807, 2.05) is 38.2 Å². The molecule has 4 heteroatoms. The molecule has 1 amide bonds. The highest BCUT2D eigenvalue weighted by molar-refractivity contribution is 6.17. The second-order valence-corrected chi connectivity index (χ2v) is 4.59. The average molecular weight is 270 g/mol. The summed E-state index contributed by atoms with van der Waals surface area (Å²) in [4.78, 5) is 13.7. The highest BCUT2D eigenvalue weighted by Gasteiger charge is 2.19. The molecule has 0 fully saturated rings. The van der Waals surface area contributed by atoms with Gasteiger partial charge in [-0.2, -0.15) is 0 Å². The summed E-state index contributed by atoms with van der Waals surface area (Å²) in [5.74, 6) is 1.43. The number of amides is 1. The van der Waals surface area contributed by atoms with Gasteiger partial charge in [-0.15, -0.1) is 11.6 Å². The second-order valence-electron chi connectivity index (χ2n) is 4.22. The minimum atomic E-state index is -0.0102. The van der Waals surface area contributed by atoms with E-state index in [0.29, 0.717) is 18.7 Å². The number of methoxy groups -OCH3 is 1. The normalized spacial score (nSPS) is 12.0. The first kappa shape index (κ1) is 14.8. The van der Waals surface area contributed by atoms with Gasteiger partial charge < -0.3 is 9.64 Å². The van der Waals surface area contributed by atoms with Crippen molar-refractivity contribution in [3.05, 3.63) is 29.8 Å². The number of benzene rings is 1. The molecule has 18 heavy (non-hydrogen) atoms. The van der Waals surface area contributed by atoms with Crippen molar-refractivity contribution >= 4 is 17.5 Å². The van der Waals surface area contributed by atoms with Crippen LogP contribution in [0.1, 0.15) is 31.4 Å². The molecule has 0 aliphatic heterocycles. The molecule has 100 valence electrons. The van der Waals surface area contributed by atoms with Crippen molar-refractivity contribution in [2.24, 2.45) is 0 Å². The maximum absolute atomic E-state index is 11.9. The molecule has 0 heterocycles. The predicted molar refractivity (Wildman–Crippen MR) is 74.1 cm³/mol. The molecule has 0 aromatic heterocycles. The van der Waals surface area contributed by atoms with Crippen LogP contribution in [0.2, 0.25) is 0 Å². The molecule has 0 radical (unpaired) electrons. The number of halogens is 1. The van der Waals surface area contributed by atoms with Gasteiger partial charge in [0.2, 0.25) is 5.91 Å². The SMILES string of the molecule is COc1ccccc1C(C)N(C)C(=O)CCCCl. The quantitative estimate of drug-likeness (QED) is 0.742. The molecule has 0 saturated heterocycles. The summed E-state index contributed by atoms with van der Waals surface area (Å²) < 4.78 is 5.32. The predicted octanol–water partition coefficient (Wildman–Crippen LogP) is 3.23. The molecule has 3 nitrogen and oxygen atoms in total. The lowest BCUT2D eigenvalue weighted by atomic mass is 10.1. The van der Waals surface area contributed by atoms with Gasteiger partial charge in [-0.1, -0.05) is 18.2 Å². The summed E-state index contributed by atoms with van der Waals surface area (Å²) in [6.07, 6.45) is 1.20. The number of para-hydroxylation sites is 1. The number of hydrogen-bond acceptors (Lipinski definition) is 2. The van der Waals surface area contributed by atoms with Crippen LogP contribution >= 0.6 is 11.6 Å². The molecule has 0 spiro atoms. The van der Waals surface area contributed by atoms with Crippen LogP contribution < -0.4 is 4.74 Å². The highest BCUT2D eigenvalue weighted by Crippen LogP contribution is 2.28. The Hall–Kier alpha value is -1.22. The summed E-state index contributed by atoms with van der Waals surface area (Å²) in [5, 5.41) is 0. The number of nitrogens with zero attached hydrogens (tertiary/aromatic N) is 1. The molecule has 1 aromatic rings. The van der Waals surface area contributed by atoms with Gasteiger partial charge in [0.15, 0.2) is 0 Å². The fraction of sp³-hybridized carbons (Fsp3) is 0.500. The fourth-order valence-electron chi connectivity index (χ4n) is 1.83. The number of hydrogen-bond donors (Lipinski definition) is 0. The Balaban J connectivity index is 2.79. The van der Waals surface area contributed by atoms with Crippen molar-refractivity contribution in [2.45, 2.75) is 25.8 Å². The summed E-state index contributed by atoms with van der Waals surface area (Å²) in [6, 6.07) is 7.75. The fourth-order valence-corrected chi connectivity index (χ4v) is 1.96. The van der Waals surface area contributed by atoms with Gasteiger partial charge in [0.25, 0.3) is 0 Å². The Kier molecular flexibility index (Phi) is 5.99. The van der Waals surface area contributed by atoms with E-state index in [1.54, 1.807) is 12.0 Å². The number of ether oxygens (including phenoxy) is 1. The monoisotopic (exact) mass is 269 g/mol. The number of rotatable bonds is 6. The lowest BCUT2D eigenvalue weighted by Crippen LogP contribution is -2.29. The maximum atomic E-state index is 11.9. The zero-order valence-corrected chi connectivity index (χ0v) is 11.9. The van der Waals surface area contributed by atoms with Crippen molar-refractivity contribution in [1.82, 2.24) is 4.90 Å². The van der Waals surface area contributed by atoms with E-state index in [0.717, 1.165) is 11.3 Å². The Morgan fingerprint density at radius 3 is 2.72 bits per heavy atom. The lowest BCUT2D eigenvalue weighted by molar-refractivity contribution is -0.131. The molecular formula is C14H20ClNO2. The summed E-state index contributed by atoms with van der Waals surface area (Å²) in [7, 11) is 3.45. The molecule has 0 aliphatic rings. The number of carbonyl (C=O) groups excluding carboxylic acids is 1. The minimum absolute atomic E-state index is 0.0102. The van der Waals surface area contributed by atoms with Crippen LogP contribution in [0.15, 0.2) is 24.3 Å². The third kappa shape index (κ3) is 3.64. The number of alkyl halides is 1. The van der Waals surface area contributed by atoms with Crippen LogP contribution in [0, 0.1) is 0 Å².